The zero-order chi connectivity index (χ0) is 14.4. The molecular weight excluding hydrogens is 256 g/mol. The molecule has 20 heavy (non-hydrogen) atoms. The van der Waals surface area contributed by atoms with Gasteiger partial charge in [-0.15, -0.1) is 0 Å². The van der Waals surface area contributed by atoms with Crippen LogP contribution in [0.4, 0.5) is 0 Å². The second-order valence-electron chi connectivity index (χ2n) is 5.40. The predicted molar refractivity (Wildman–Crippen MR) is 73.6 cm³/mol. The normalized spacial score (nSPS) is 20.9. The number of Topliss-reactive ketones (excluding diaryl/α,β-unsaturated/α-hetero) is 1. The number of ketones is 1. The average Bonchev–Trinajstić information content (AvgIpc) is 3.12. The Morgan fingerprint density at radius 1 is 1.20 bits per heavy atom. The molecule has 2 atom stereocenters. The highest BCUT2D eigenvalue weighted by Gasteiger charge is 2.49. The maximum Gasteiger partial charge on any atom is 0.309 e. The average molecular weight is 272 g/mol. The lowest BCUT2D eigenvalue weighted by molar-refractivity contribution is -0.142. The number of ether oxygens (including phenoxy) is 1. The molecule has 1 saturated carbocycles. The molecule has 0 N–H and O–H groups in total. The van der Waals surface area contributed by atoms with E-state index in [1.54, 1.807) is 0 Å². The molecule has 0 radical (unpaired) electrons. The summed E-state index contributed by atoms with van der Waals surface area (Å²) in [6.07, 6.45) is 0.590. The monoisotopic (exact) mass is 272 g/mol. The van der Waals surface area contributed by atoms with Crippen LogP contribution in [0.5, 0.6) is 0 Å². The van der Waals surface area contributed by atoms with Crippen LogP contribution in [0.1, 0.15) is 28.1 Å². The van der Waals surface area contributed by atoms with E-state index in [1.807, 2.05) is 32.0 Å². The summed E-state index contributed by atoms with van der Waals surface area (Å²) < 4.78 is 10.3. The molecule has 104 valence electrons. The molecule has 1 aliphatic carbocycles. The lowest BCUT2D eigenvalue weighted by Crippen LogP contribution is -2.10. The van der Waals surface area contributed by atoms with Gasteiger partial charge >= 0.3 is 5.97 Å². The first-order valence-electron chi connectivity index (χ1n) is 6.64. The van der Waals surface area contributed by atoms with E-state index in [-0.39, 0.29) is 23.6 Å². The molecule has 0 amide bonds. The Kier molecular flexibility index (Phi) is 2.89. The zero-order valence-corrected chi connectivity index (χ0v) is 11.7. The number of furan rings is 1. The van der Waals surface area contributed by atoms with Gasteiger partial charge in [0.25, 0.3) is 0 Å². The zero-order valence-electron chi connectivity index (χ0n) is 11.7. The molecule has 1 aromatic heterocycles. The third kappa shape index (κ3) is 2.01. The van der Waals surface area contributed by atoms with Gasteiger partial charge in [0.05, 0.1) is 13.0 Å². The maximum atomic E-state index is 12.4. The molecule has 4 heteroatoms. The summed E-state index contributed by atoms with van der Waals surface area (Å²) in [6.45, 7) is 3.81. The van der Waals surface area contributed by atoms with Gasteiger partial charge < -0.3 is 9.15 Å². The smallest absolute Gasteiger partial charge is 0.309 e. The van der Waals surface area contributed by atoms with Crippen LogP contribution >= 0.6 is 0 Å². The summed E-state index contributed by atoms with van der Waals surface area (Å²) in [4.78, 5) is 23.8. The van der Waals surface area contributed by atoms with E-state index >= 15 is 0 Å². The number of methoxy groups -OCH3 is 1. The molecule has 3 rings (SSSR count). The Bertz CT molecular complexity index is 711. The summed E-state index contributed by atoms with van der Waals surface area (Å²) in [7, 11) is 1.35. The largest absolute Gasteiger partial charge is 0.469 e. The van der Waals surface area contributed by atoms with Crippen LogP contribution in [0.2, 0.25) is 0 Å². The highest BCUT2D eigenvalue weighted by Crippen LogP contribution is 2.42. The number of esters is 1. The van der Waals surface area contributed by atoms with Crippen LogP contribution in [0.15, 0.2) is 22.6 Å². The van der Waals surface area contributed by atoms with Gasteiger partial charge in [-0.05, 0) is 44.0 Å². The molecule has 2 aromatic rings. The molecule has 1 aromatic carbocycles. The first-order valence-corrected chi connectivity index (χ1v) is 6.64. The minimum absolute atomic E-state index is 0.0178. The van der Waals surface area contributed by atoms with Gasteiger partial charge in [0.1, 0.15) is 11.3 Å². The number of carbonyl (C=O) groups excluding carboxylic acids is 2. The van der Waals surface area contributed by atoms with Gasteiger partial charge in [-0.3, -0.25) is 9.59 Å². The molecule has 0 aliphatic heterocycles. The van der Waals surface area contributed by atoms with E-state index in [2.05, 4.69) is 4.74 Å². The van der Waals surface area contributed by atoms with Crippen molar-refractivity contribution >= 4 is 22.7 Å². The van der Waals surface area contributed by atoms with Crippen LogP contribution in [-0.4, -0.2) is 18.9 Å². The second-order valence-corrected chi connectivity index (χ2v) is 5.40. The number of rotatable bonds is 3. The molecule has 1 fully saturated rings. The van der Waals surface area contributed by atoms with E-state index < -0.39 is 0 Å². The summed E-state index contributed by atoms with van der Waals surface area (Å²) >= 11 is 0. The number of benzene rings is 1. The third-order valence-electron chi connectivity index (χ3n) is 3.84. The lowest BCUT2D eigenvalue weighted by Gasteiger charge is -2.03. The van der Waals surface area contributed by atoms with Crippen molar-refractivity contribution in [2.75, 3.05) is 7.11 Å². The molecule has 0 bridgehead atoms. The lowest BCUT2D eigenvalue weighted by atomic mass is 10.0. The third-order valence-corrected chi connectivity index (χ3v) is 3.84. The highest BCUT2D eigenvalue weighted by atomic mass is 16.5. The molecule has 0 spiro atoms. The van der Waals surface area contributed by atoms with Gasteiger partial charge in [0.15, 0.2) is 5.78 Å². The van der Waals surface area contributed by atoms with Crippen molar-refractivity contribution in [2.45, 2.75) is 20.3 Å². The molecule has 1 aliphatic rings. The predicted octanol–water partition coefficient (Wildman–Crippen LogP) is 3.04. The Labute approximate surface area is 116 Å². The number of carbonyl (C=O) groups is 2. The molecule has 1 heterocycles. The summed E-state index contributed by atoms with van der Waals surface area (Å²) in [5.41, 5.74) is 2.40. The van der Waals surface area contributed by atoms with Crippen molar-refractivity contribution in [3.63, 3.8) is 0 Å². The number of fused-ring (bicyclic) bond motifs is 1. The van der Waals surface area contributed by atoms with Crippen molar-refractivity contribution in [3.8, 4) is 0 Å². The summed E-state index contributed by atoms with van der Waals surface area (Å²) in [5.74, 6) is 0.0537. The van der Waals surface area contributed by atoms with Crippen molar-refractivity contribution in [1.29, 1.82) is 0 Å². The summed E-state index contributed by atoms with van der Waals surface area (Å²) in [5, 5.41) is 0.932. The minimum atomic E-state index is -0.291. The van der Waals surface area contributed by atoms with Crippen LogP contribution < -0.4 is 0 Å². The minimum Gasteiger partial charge on any atom is -0.469 e. The molecule has 4 nitrogen and oxygen atoms in total. The highest BCUT2D eigenvalue weighted by molar-refractivity contribution is 6.05. The van der Waals surface area contributed by atoms with Crippen molar-refractivity contribution in [1.82, 2.24) is 0 Å². The van der Waals surface area contributed by atoms with E-state index in [4.69, 9.17) is 4.42 Å². The van der Waals surface area contributed by atoms with Gasteiger partial charge in [-0.2, -0.15) is 0 Å². The van der Waals surface area contributed by atoms with E-state index in [9.17, 15) is 9.59 Å². The van der Waals surface area contributed by atoms with Crippen molar-refractivity contribution in [3.05, 3.63) is 35.1 Å². The fraction of sp³-hybridized carbons (Fsp3) is 0.375. The van der Waals surface area contributed by atoms with Crippen LogP contribution in [0, 0.1) is 25.7 Å². The van der Waals surface area contributed by atoms with E-state index in [0.717, 1.165) is 22.3 Å². The fourth-order valence-corrected chi connectivity index (χ4v) is 2.71. The van der Waals surface area contributed by atoms with Gasteiger partial charge in [-0.25, -0.2) is 0 Å². The van der Waals surface area contributed by atoms with Crippen molar-refractivity contribution < 1.29 is 18.7 Å². The maximum absolute atomic E-state index is 12.4. The molecular formula is C16H16O4. The topological polar surface area (TPSA) is 56.5 Å². The van der Waals surface area contributed by atoms with E-state index in [1.165, 1.54) is 7.11 Å². The Balaban J connectivity index is 1.91. The first kappa shape index (κ1) is 12.9. The number of hydrogen-bond donors (Lipinski definition) is 0. The fourth-order valence-electron chi connectivity index (χ4n) is 2.71. The Hall–Kier alpha value is -2.10. The molecule has 0 saturated heterocycles. The number of aryl methyl sites for hydroxylation is 2. The first-order chi connectivity index (χ1) is 9.51. The molecule has 0 unspecified atom stereocenters. The quantitative estimate of drug-likeness (QED) is 0.636. The van der Waals surface area contributed by atoms with Gasteiger partial charge in [-0.1, -0.05) is 0 Å². The van der Waals surface area contributed by atoms with Crippen LogP contribution in [0.25, 0.3) is 11.0 Å². The standard InChI is InChI=1S/C16H16O4/c1-8-4-10(6-11-5-9(2)20-15(8)11)14(17)12-7-13(12)16(18)19-3/h4-6,12-13H,7H2,1-3H3/t12-,13-/m0/s1. The second kappa shape index (κ2) is 4.47. The number of hydrogen-bond acceptors (Lipinski definition) is 4. The van der Waals surface area contributed by atoms with E-state index in [0.29, 0.717) is 12.0 Å². The summed E-state index contributed by atoms with van der Waals surface area (Å²) in [6, 6.07) is 5.60. The Morgan fingerprint density at radius 2 is 1.95 bits per heavy atom. The van der Waals surface area contributed by atoms with Crippen LogP contribution in [0.3, 0.4) is 0 Å². The SMILES string of the molecule is COC(=O)[C@H]1C[C@@H]1C(=O)c1cc(C)c2oc(C)cc2c1. The van der Waals surface area contributed by atoms with Gasteiger partial charge in [0.2, 0.25) is 0 Å². The van der Waals surface area contributed by atoms with Crippen molar-refractivity contribution in [2.24, 2.45) is 11.8 Å². The van der Waals surface area contributed by atoms with Crippen LogP contribution in [-0.2, 0) is 9.53 Å². The Morgan fingerprint density at radius 3 is 2.65 bits per heavy atom. The van der Waals surface area contributed by atoms with Gasteiger partial charge in [0, 0.05) is 16.9 Å².